The van der Waals surface area contributed by atoms with Crippen molar-refractivity contribution in [3.05, 3.63) is 23.3 Å². The smallest absolute Gasteiger partial charge is 0.229 e. The van der Waals surface area contributed by atoms with E-state index in [1.54, 1.807) is 6.07 Å². The van der Waals surface area contributed by atoms with Crippen LogP contribution < -0.4 is 9.47 Å². The van der Waals surface area contributed by atoms with E-state index in [1.165, 1.54) is 5.56 Å². The molecule has 1 saturated carbocycles. The number of hydrogen-bond acceptors (Lipinski definition) is 9. The van der Waals surface area contributed by atoms with Gasteiger partial charge in [-0.1, -0.05) is 6.07 Å². The van der Waals surface area contributed by atoms with Crippen LogP contribution in [-0.4, -0.2) is 99.6 Å². The van der Waals surface area contributed by atoms with E-state index < -0.39 is 43.4 Å². The maximum absolute atomic E-state index is 10.9. The Morgan fingerprint density at radius 3 is 2.72 bits per heavy atom. The zero-order chi connectivity index (χ0) is 22.4. The molecule has 3 fully saturated rings. The van der Waals surface area contributed by atoms with Crippen LogP contribution >= 0.6 is 0 Å². The minimum absolute atomic E-state index is 0.257. The van der Waals surface area contributed by atoms with Crippen LogP contribution in [0.3, 0.4) is 0 Å². The molecular weight excluding hydrogens is 418 g/mol. The van der Waals surface area contributed by atoms with Gasteiger partial charge in [0.2, 0.25) is 6.29 Å². The van der Waals surface area contributed by atoms with Gasteiger partial charge >= 0.3 is 0 Å². The van der Waals surface area contributed by atoms with E-state index in [2.05, 4.69) is 11.9 Å². The molecule has 1 aromatic carbocycles. The average Bonchev–Trinajstić information content (AvgIpc) is 3.14. The monoisotopic (exact) mass is 449 g/mol. The predicted molar refractivity (Wildman–Crippen MR) is 110 cm³/mol. The second-order valence-electron chi connectivity index (χ2n) is 10.1. The number of likely N-dealkylation sites (N-methyl/N-ethyl adjacent to an activating group) is 1. The van der Waals surface area contributed by atoms with E-state index in [0.717, 1.165) is 31.4 Å². The van der Waals surface area contributed by atoms with E-state index in [4.69, 9.17) is 14.2 Å². The quantitative estimate of drug-likeness (QED) is 0.390. The van der Waals surface area contributed by atoms with Crippen LogP contribution in [-0.2, 0) is 16.6 Å². The van der Waals surface area contributed by atoms with Gasteiger partial charge in [0.05, 0.1) is 12.7 Å². The maximum Gasteiger partial charge on any atom is 0.229 e. The van der Waals surface area contributed by atoms with Crippen molar-refractivity contribution in [2.45, 2.75) is 80.1 Å². The summed E-state index contributed by atoms with van der Waals surface area (Å²) >= 11 is 0. The Bertz CT molecular complexity index is 910. The highest BCUT2D eigenvalue weighted by molar-refractivity contribution is 5.61. The fraction of sp³-hybridized carbons (Fsp3) is 0.739. The minimum atomic E-state index is -1.51. The standard InChI is InChI=1S/C23H31NO8/c1-24-7-6-23-11-3-4-13(26)21(23)32-20-14(5-2-10(16(20)23)8-12(11)24)30-22-19(29)18(28)17(27)15(9-25)31-22/h2,5,11-13,15,17-19,21-22,25-29H,3-4,6-9H2,1H3/t11?,12?,13-,15-,17-,18+,19-,21+,22?,23?/m1/s1. The van der Waals surface area contributed by atoms with Gasteiger partial charge in [0, 0.05) is 17.0 Å². The van der Waals surface area contributed by atoms with Crippen molar-refractivity contribution in [3.8, 4) is 11.5 Å². The molecule has 1 spiro atoms. The summed E-state index contributed by atoms with van der Waals surface area (Å²) in [6, 6.07) is 4.22. The van der Waals surface area contributed by atoms with Crippen LogP contribution in [0.25, 0.3) is 0 Å². The number of piperidine rings is 1. The predicted octanol–water partition coefficient (Wildman–Crippen LogP) is -1.10. The Labute approximate surface area is 186 Å². The Morgan fingerprint density at radius 1 is 1.12 bits per heavy atom. The number of rotatable bonds is 3. The molecule has 0 aromatic heterocycles. The van der Waals surface area contributed by atoms with E-state index in [9.17, 15) is 25.5 Å². The van der Waals surface area contributed by atoms with Crippen molar-refractivity contribution in [1.82, 2.24) is 4.90 Å². The molecule has 9 nitrogen and oxygen atoms in total. The number of hydrogen-bond donors (Lipinski definition) is 5. The van der Waals surface area contributed by atoms with Crippen molar-refractivity contribution >= 4 is 0 Å². The average molecular weight is 450 g/mol. The van der Waals surface area contributed by atoms with Crippen molar-refractivity contribution < 1.29 is 39.7 Å². The zero-order valence-electron chi connectivity index (χ0n) is 18.0. The molecule has 0 radical (unpaired) electrons. The van der Waals surface area contributed by atoms with Gasteiger partial charge in [-0.3, -0.25) is 0 Å². The Morgan fingerprint density at radius 2 is 1.94 bits per heavy atom. The summed E-state index contributed by atoms with van der Waals surface area (Å²) in [5.74, 6) is 1.35. The van der Waals surface area contributed by atoms with Gasteiger partial charge in [-0.15, -0.1) is 0 Å². The summed E-state index contributed by atoms with van der Waals surface area (Å²) in [7, 11) is 2.18. The molecule has 0 amide bonds. The largest absolute Gasteiger partial charge is 0.483 e. The van der Waals surface area contributed by atoms with Gasteiger partial charge < -0.3 is 44.6 Å². The molecule has 5 N–H and O–H groups in total. The number of benzene rings is 1. The third-order valence-corrected chi connectivity index (χ3v) is 8.64. The molecule has 2 aliphatic carbocycles. The van der Waals surface area contributed by atoms with E-state index >= 15 is 0 Å². The first-order valence-corrected chi connectivity index (χ1v) is 11.5. The van der Waals surface area contributed by atoms with Crippen LogP contribution in [0.15, 0.2) is 12.1 Å². The lowest BCUT2D eigenvalue weighted by Gasteiger charge is -2.58. The first kappa shape index (κ1) is 21.1. The zero-order valence-corrected chi connectivity index (χ0v) is 18.0. The molecule has 176 valence electrons. The number of likely N-dealkylation sites (tertiary alicyclic amines) is 1. The summed E-state index contributed by atoms with van der Waals surface area (Å²) in [4.78, 5) is 2.43. The summed E-state index contributed by atoms with van der Waals surface area (Å²) in [6.07, 6.45) is -4.22. The highest BCUT2D eigenvalue weighted by Gasteiger charge is 2.65. The van der Waals surface area contributed by atoms with Crippen molar-refractivity contribution in [1.29, 1.82) is 0 Å². The molecule has 2 bridgehead atoms. The van der Waals surface area contributed by atoms with Crippen LogP contribution in [0.5, 0.6) is 11.5 Å². The second-order valence-corrected chi connectivity index (χ2v) is 10.1. The molecule has 4 unspecified atom stereocenters. The first-order chi connectivity index (χ1) is 15.4. The highest BCUT2D eigenvalue weighted by Crippen LogP contribution is 2.63. The highest BCUT2D eigenvalue weighted by atomic mass is 16.7. The second kappa shape index (κ2) is 7.27. The lowest BCUT2D eigenvalue weighted by molar-refractivity contribution is -0.277. The van der Waals surface area contributed by atoms with E-state index in [-0.39, 0.29) is 11.5 Å². The van der Waals surface area contributed by atoms with Gasteiger partial charge in [-0.05, 0) is 56.8 Å². The Balaban J connectivity index is 1.40. The van der Waals surface area contributed by atoms with Gasteiger partial charge in [0.1, 0.15) is 30.5 Å². The molecule has 1 aromatic rings. The maximum atomic E-state index is 10.9. The van der Waals surface area contributed by atoms with E-state index in [1.807, 2.05) is 6.07 Å². The molecular formula is C23H31NO8. The summed E-state index contributed by atoms with van der Waals surface area (Å²) in [6.45, 7) is 0.413. The molecule has 32 heavy (non-hydrogen) atoms. The summed E-state index contributed by atoms with van der Waals surface area (Å²) < 4.78 is 18.0. The lowest BCUT2D eigenvalue weighted by Crippen LogP contribution is -2.66. The molecule has 6 rings (SSSR count). The third kappa shape index (κ3) is 2.64. The normalized spacial score (nSPS) is 47.0. The number of ether oxygens (including phenoxy) is 3. The van der Waals surface area contributed by atoms with Gasteiger partial charge in [0.15, 0.2) is 11.5 Å². The first-order valence-electron chi connectivity index (χ1n) is 11.5. The minimum Gasteiger partial charge on any atom is -0.483 e. The fourth-order valence-electron chi connectivity index (χ4n) is 7.08. The van der Waals surface area contributed by atoms with Crippen molar-refractivity contribution in [2.24, 2.45) is 5.92 Å². The summed E-state index contributed by atoms with van der Waals surface area (Å²) in [5, 5.41) is 51.0. The molecule has 10 atom stereocenters. The summed E-state index contributed by atoms with van der Waals surface area (Å²) in [5.41, 5.74) is 2.05. The molecule has 5 aliphatic rings. The van der Waals surface area contributed by atoms with Crippen LogP contribution in [0.1, 0.15) is 30.4 Å². The van der Waals surface area contributed by atoms with Gasteiger partial charge in [-0.2, -0.15) is 0 Å². The molecule has 3 aliphatic heterocycles. The fourth-order valence-corrected chi connectivity index (χ4v) is 7.08. The topological polar surface area (TPSA) is 132 Å². The molecule has 2 saturated heterocycles. The van der Waals surface area contributed by atoms with Gasteiger partial charge in [-0.25, -0.2) is 0 Å². The number of nitrogens with zero attached hydrogens (tertiary/aromatic N) is 1. The molecule has 9 heteroatoms. The van der Waals surface area contributed by atoms with E-state index in [0.29, 0.717) is 29.9 Å². The van der Waals surface area contributed by atoms with Crippen molar-refractivity contribution in [2.75, 3.05) is 20.2 Å². The Kier molecular flexibility index (Phi) is 4.79. The molecule has 3 heterocycles. The van der Waals surface area contributed by atoms with Gasteiger partial charge in [0.25, 0.3) is 0 Å². The lowest BCUT2D eigenvalue weighted by atomic mass is 9.51. The SMILES string of the molecule is CN1CCC23c4c5ccc(OC6O[C@H](CO)[C@@H](O)[C@H](O)[C@H]6O)c4O[C@H]2[C@H](O)CCC3C1C5. The van der Waals surface area contributed by atoms with Crippen molar-refractivity contribution in [3.63, 3.8) is 0 Å². The third-order valence-electron chi connectivity index (χ3n) is 8.64. The number of aliphatic hydroxyl groups is 5. The van der Waals surface area contributed by atoms with Crippen LogP contribution in [0, 0.1) is 5.92 Å². The van der Waals surface area contributed by atoms with Crippen LogP contribution in [0.2, 0.25) is 0 Å². The number of aliphatic hydroxyl groups excluding tert-OH is 5. The Hall–Kier alpha value is -1.46. The van der Waals surface area contributed by atoms with Crippen LogP contribution in [0.4, 0.5) is 0 Å².